The molecule has 0 saturated heterocycles. The van der Waals surface area contributed by atoms with Gasteiger partial charge in [-0.2, -0.15) is 0 Å². The fourth-order valence-electron chi connectivity index (χ4n) is 1.48. The maximum Gasteiger partial charge on any atom is 1.00 e. The predicted molar refractivity (Wildman–Crippen MR) is 139 cm³/mol. The van der Waals surface area contributed by atoms with Crippen molar-refractivity contribution in [2.45, 2.75) is 27.7 Å². The van der Waals surface area contributed by atoms with Crippen LogP contribution in [0.15, 0.2) is 0 Å². The number of nitrogens with two attached hydrogens (primary N) is 2. The molecule has 0 amide bonds. The second-order valence-electron chi connectivity index (χ2n) is 6.65. The van der Waals surface area contributed by atoms with Crippen molar-refractivity contribution in [2.75, 3.05) is 52.4 Å². The Kier molecular flexibility index (Phi) is 83.1. The summed E-state index contributed by atoms with van der Waals surface area (Å²) in [5.41, 5.74) is 9.81. The number of aliphatic carboxylic acids is 8. The van der Waals surface area contributed by atoms with Gasteiger partial charge in [0.25, 0.3) is 23.9 Å². The first-order valence-electron chi connectivity index (χ1n) is 10.5. The van der Waals surface area contributed by atoms with Crippen LogP contribution >= 0.6 is 0 Å². The van der Waals surface area contributed by atoms with E-state index in [9.17, 15) is 19.2 Å². The zero-order chi connectivity index (χ0) is 33.4. The topological polar surface area (TPSA) is 357 Å². The zero-order valence-corrected chi connectivity index (χ0v) is 34.5. The van der Waals surface area contributed by atoms with E-state index in [1.807, 2.05) is 0 Å². The normalized spacial score (nSPS) is 7.82. The minimum Gasteiger partial charge on any atom is -1.00 e. The Morgan fingerprint density at radius 1 is 0.432 bits per heavy atom. The van der Waals surface area contributed by atoms with Crippen molar-refractivity contribution in [3.8, 4) is 0 Å². The minimum atomic E-state index is -1.23. The van der Waals surface area contributed by atoms with E-state index >= 15 is 0 Å². The van der Waals surface area contributed by atoms with Crippen LogP contribution < -0.4 is 130 Å². The summed E-state index contributed by atoms with van der Waals surface area (Å²) in [6, 6.07) is 0. The molecule has 0 bridgehead atoms. The third-order valence-electron chi connectivity index (χ3n) is 2.33. The summed E-state index contributed by atoms with van der Waals surface area (Å²) in [6.07, 6.45) is 0. The molecule has 0 unspecified atom stereocenters. The van der Waals surface area contributed by atoms with Crippen LogP contribution in [0.1, 0.15) is 33.4 Å². The Labute approximate surface area is 348 Å². The van der Waals surface area contributed by atoms with E-state index in [0.29, 0.717) is 13.1 Å². The molecule has 0 aliphatic rings. The van der Waals surface area contributed by atoms with Crippen molar-refractivity contribution in [3.05, 3.63) is 0 Å². The standard InChI is InChI=1S/C10H16N2O8.C2H8N2.4C2H4O2.4Na.4H/c13-7(14)3-11(4-8(15)16)1-2-12(5-9(17)18)6-10(19)20;3-1-2-4;4*1-2(3)4;;;;;;;;/h1-6H2,(H,13,14)(H,15,16)(H,17,18)(H,19,20);1-4H2;4*1H3,(H,3,4);;;;;;;;/q;;;;;;4*+1;4*-1. The third-order valence-corrected chi connectivity index (χ3v) is 2.33. The van der Waals surface area contributed by atoms with E-state index < -0.39 is 73.9 Å². The van der Waals surface area contributed by atoms with Crippen LogP contribution in [0.3, 0.4) is 0 Å². The smallest absolute Gasteiger partial charge is 1.00 e. The number of nitrogens with zero attached hydrogens (tertiary/aromatic N) is 2. The van der Waals surface area contributed by atoms with E-state index in [1.165, 1.54) is 0 Å². The van der Waals surface area contributed by atoms with Crippen LogP contribution in [0.2, 0.25) is 0 Å². The monoisotopic (exact) mass is 688 g/mol. The molecule has 24 heteroatoms. The average molecular weight is 689 g/mol. The summed E-state index contributed by atoms with van der Waals surface area (Å²) < 4.78 is 0. The van der Waals surface area contributed by atoms with Gasteiger partial charge in [0.05, 0.1) is 26.2 Å². The predicted octanol–water partition coefficient (Wildman–Crippen LogP) is -14.3. The molecule has 0 aromatic carbocycles. The van der Waals surface area contributed by atoms with Gasteiger partial charge >= 0.3 is 142 Å². The molecule has 0 aliphatic heterocycles. The number of hydrogen-bond donors (Lipinski definition) is 10. The number of carboxylic acid groups (broad SMARTS) is 8. The van der Waals surface area contributed by atoms with Crippen LogP contribution in [-0.2, 0) is 38.4 Å². The van der Waals surface area contributed by atoms with Crippen molar-refractivity contribution in [3.63, 3.8) is 0 Å². The van der Waals surface area contributed by atoms with Gasteiger partial charge in [-0.3, -0.25) is 48.2 Å². The maximum atomic E-state index is 10.6. The summed E-state index contributed by atoms with van der Waals surface area (Å²) in [5.74, 6) is -8.24. The molecule has 244 valence electrons. The zero-order valence-electron chi connectivity index (χ0n) is 30.5. The van der Waals surface area contributed by atoms with Gasteiger partial charge in [0.2, 0.25) is 0 Å². The van der Waals surface area contributed by atoms with E-state index in [4.69, 9.17) is 71.5 Å². The first kappa shape index (κ1) is 70.1. The van der Waals surface area contributed by atoms with Gasteiger partial charge in [-0.25, -0.2) is 0 Å². The summed E-state index contributed by atoms with van der Waals surface area (Å²) in [6.45, 7) is 3.28. The minimum absolute atomic E-state index is 0. The van der Waals surface area contributed by atoms with Crippen molar-refractivity contribution in [2.24, 2.45) is 11.5 Å². The molecule has 0 atom stereocenters. The number of carbonyl (C=O) groups is 8. The van der Waals surface area contributed by atoms with E-state index in [0.717, 1.165) is 37.5 Å². The summed E-state index contributed by atoms with van der Waals surface area (Å²) in [4.78, 5) is 80.4. The van der Waals surface area contributed by atoms with E-state index in [2.05, 4.69) is 0 Å². The largest absolute Gasteiger partial charge is 1.00 e. The van der Waals surface area contributed by atoms with Gasteiger partial charge in [-0.1, -0.05) is 0 Å². The Balaban J connectivity index is -0.0000000289. The first-order chi connectivity index (χ1) is 18.0. The van der Waals surface area contributed by atoms with Crippen molar-refractivity contribution in [1.82, 2.24) is 9.80 Å². The fourth-order valence-corrected chi connectivity index (χ4v) is 1.48. The second-order valence-corrected chi connectivity index (χ2v) is 6.65. The molecular weight excluding hydrogens is 644 g/mol. The molecule has 0 rings (SSSR count). The molecule has 20 nitrogen and oxygen atoms in total. The van der Waals surface area contributed by atoms with E-state index in [1.54, 1.807) is 0 Å². The maximum absolute atomic E-state index is 10.6. The van der Waals surface area contributed by atoms with Gasteiger partial charge in [-0.15, -0.1) is 0 Å². The van der Waals surface area contributed by atoms with Gasteiger partial charge < -0.3 is 58.0 Å². The molecule has 0 aromatic heterocycles. The number of hydrogen-bond acceptors (Lipinski definition) is 12. The molecule has 0 radical (unpaired) electrons. The Morgan fingerprint density at radius 3 is 0.614 bits per heavy atom. The molecule has 0 fully saturated rings. The average Bonchev–Trinajstić information content (AvgIpc) is 2.68. The number of carboxylic acids is 8. The van der Waals surface area contributed by atoms with Gasteiger partial charge in [-0.05, 0) is 0 Å². The SMILES string of the molecule is CC(=O)O.CC(=O)O.CC(=O)O.CC(=O)O.NCCN.O=C(O)CN(CCN(CC(=O)O)CC(=O)O)CC(=O)O.[H-].[H-].[H-].[H-].[Na+].[Na+].[Na+].[Na+]. The van der Waals surface area contributed by atoms with Crippen LogP contribution in [-0.4, -0.2) is 151 Å². The summed E-state index contributed by atoms with van der Waals surface area (Å²) in [5, 5.41) is 64.1. The molecule has 0 saturated carbocycles. The van der Waals surface area contributed by atoms with Crippen LogP contribution in [0.5, 0.6) is 0 Å². The van der Waals surface area contributed by atoms with Gasteiger partial charge in [0, 0.05) is 53.9 Å². The Bertz CT molecular complexity index is 666. The molecule has 12 N–H and O–H groups in total. The van der Waals surface area contributed by atoms with Crippen molar-refractivity contribution < 1.29 is 203 Å². The van der Waals surface area contributed by atoms with Crippen LogP contribution in [0.4, 0.5) is 0 Å². The van der Waals surface area contributed by atoms with Gasteiger partial charge in [0.15, 0.2) is 0 Å². The van der Waals surface area contributed by atoms with E-state index in [-0.39, 0.29) is 137 Å². The van der Waals surface area contributed by atoms with Crippen LogP contribution in [0, 0.1) is 0 Å². The summed E-state index contributed by atoms with van der Waals surface area (Å²) >= 11 is 0. The fraction of sp³-hybridized carbons (Fsp3) is 0.600. The van der Waals surface area contributed by atoms with Crippen molar-refractivity contribution >= 4 is 47.8 Å². The molecular formula is C20H44N4Na4O16. The molecule has 0 spiro atoms. The molecule has 0 aliphatic carbocycles. The Morgan fingerprint density at radius 2 is 0.545 bits per heavy atom. The molecule has 0 aromatic rings. The third kappa shape index (κ3) is 147. The molecule has 44 heavy (non-hydrogen) atoms. The van der Waals surface area contributed by atoms with Crippen LogP contribution in [0.25, 0.3) is 0 Å². The first-order valence-corrected chi connectivity index (χ1v) is 10.5. The summed E-state index contributed by atoms with van der Waals surface area (Å²) in [7, 11) is 0. The second kappa shape index (κ2) is 52.1. The number of rotatable bonds is 12. The van der Waals surface area contributed by atoms with Crippen molar-refractivity contribution in [1.29, 1.82) is 0 Å². The van der Waals surface area contributed by atoms with Gasteiger partial charge in [0.1, 0.15) is 0 Å². The Hall–Kier alpha value is -0.400. The quantitative estimate of drug-likeness (QED) is 0.0851. The molecule has 0 heterocycles.